The van der Waals surface area contributed by atoms with Gasteiger partial charge in [0.15, 0.2) is 0 Å². The molecule has 1 nitrogen and oxygen atoms in total. The molecule has 1 atom stereocenters. The Morgan fingerprint density at radius 3 is 2.17 bits per heavy atom. The Morgan fingerprint density at radius 1 is 0.944 bits per heavy atom. The summed E-state index contributed by atoms with van der Waals surface area (Å²) >= 11 is 7.05. The summed E-state index contributed by atoms with van der Waals surface area (Å²) < 4.78 is 2.08. The van der Waals surface area contributed by atoms with Crippen LogP contribution in [0.2, 0.25) is 0 Å². The number of halogens is 2. The zero-order chi connectivity index (χ0) is 13.3. The van der Waals surface area contributed by atoms with Crippen LogP contribution in [-0.2, 0) is 0 Å². The van der Waals surface area contributed by atoms with E-state index in [4.69, 9.17) is 5.73 Å². The number of hydrogen-bond donors (Lipinski definition) is 1. The average Bonchev–Trinajstić information content (AvgIpc) is 2.30. The minimum atomic E-state index is -0.115. The van der Waals surface area contributed by atoms with Crippen LogP contribution in [-0.4, -0.2) is 0 Å². The van der Waals surface area contributed by atoms with E-state index >= 15 is 0 Å². The van der Waals surface area contributed by atoms with Gasteiger partial charge < -0.3 is 5.73 Å². The molecule has 0 fully saturated rings. The highest BCUT2D eigenvalue weighted by atomic mass is 79.9. The molecule has 18 heavy (non-hydrogen) atoms. The van der Waals surface area contributed by atoms with Gasteiger partial charge in [-0.05, 0) is 43.2 Å². The molecule has 0 radical (unpaired) electrons. The van der Waals surface area contributed by atoms with E-state index in [1.54, 1.807) is 0 Å². The van der Waals surface area contributed by atoms with Crippen LogP contribution in [0.1, 0.15) is 28.3 Å². The lowest BCUT2D eigenvalue weighted by Gasteiger charge is -2.16. The van der Waals surface area contributed by atoms with Crippen molar-refractivity contribution in [1.82, 2.24) is 0 Å². The fourth-order valence-corrected chi connectivity index (χ4v) is 2.99. The molecular weight excluding hydrogens is 354 g/mol. The minimum absolute atomic E-state index is 0.115. The maximum atomic E-state index is 6.37. The van der Waals surface area contributed by atoms with Gasteiger partial charge in [0.2, 0.25) is 0 Å². The molecule has 2 N–H and O–H groups in total. The number of hydrogen-bond acceptors (Lipinski definition) is 1. The van der Waals surface area contributed by atoms with Crippen LogP contribution >= 0.6 is 31.9 Å². The van der Waals surface area contributed by atoms with Crippen molar-refractivity contribution in [3.63, 3.8) is 0 Å². The molecule has 0 spiro atoms. The molecule has 0 saturated heterocycles. The average molecular weight is 369 g/mol. The van der Waals surface area contributed by atoms with E-state index in [9.17, 15) is 0 Å². The van der Waals surface area contributed by atoms with Gasteiger partial charge in [0.1, 0.15) is 0 Å². The first-order chi connectivity index (χ1) is 8.47. The lowest BCUT2D eigenvalue weighted by atomic mass is 9.96. The van der Waals surface area contributed by atoms with Gasteiger partial charge in [-0.15, -0.1) is 0 Å². The molecule has 0 bridgehead atoms. The normalized spacial score (nSPS) is 12.5. The summed E-state index contributed by atoms with van der Waals surface area (Å²) in [4.78, 5) is 0. The van der Waals surface area contributed by atoms with Gasteiger partial charge in [0.05, 0.1) is 6.04 Å². The van der Waals surface area contributed by atoms with Crippen molar-refractivity contribution < 1.29 is 0 Å². The van der Waals surface area contributed by atoms with Crippen LogP contribution in [0.5, 0.6) is 0 Å². The first-order valence-electron chi connectivity index (χ1n) is 5.76. The van der Waals surface area contributed by atoms with Crippen molar-refractivity contribution in [1.29, 1.82) is 0 Å². The van der Waals surface area contributed by atoms with E-state index in [1.807, 2.05) is 12.1 Å². The van der Waals surface area contributed by atoms with Crippen molar-refractivity contribution in [2.45, 2.75) is 19.9 Å². The van der Waals surface area contributed by atoms with Gasteiger partial charge in [0, 0.05) is 8.95 Å². The highest BCUT2D eigenvalue weighted by Gasteiger charge is 2.13. The Morgan fingerprint density at radius 2 is 1.56 bits per heavy atom. The largest absolute Gasteiger partial charge is 0.320 e. The molecule has 2 aromatic rings. The molecule has 0 saturated carbocycles. The molecule has 0 aromatic heterocycles. The van der Waals surface area contributed by atoms with Gasteiger partial charge in [0.25, 0.3) is 0 Å². The van der Waals surface area contributed by atoms with E-state index in [0.29, 0.717) is 0 Å². The minimum Gasteiger partial charge on any atom is -0.320 e. The Kier molecular flexibility index (Phi) is 4.25. The second-order valence-electron chi connectivity index (χ2n) is 4.56. The van der Waals surface area contributed by atoms with E-state index in [0.717, 1.165) is 20.1 Å². The molecule has 2 aromatic carbocycles. The van der Waals surface area contributed by atoms with Crippen molar-refractivity contribution in [2.75, 3.05) is 0 Å². The van der Waals surface area contributed by atoms with Gasteiger partial charge >= 0.3 is 0 Å². The Bertz CT molecular complexity index is 558. The fourth-order valence-electron chi connectivity index (χ4n) is 2.12. The summed E-state index contributed by atoms with van der Waals surface area (Å²) in [6.45, 7) is 4.19. The lowest BCUT2D eigenvalue weighted by molar-refractivity contribution is 0.861. The van der Waals surface area contributed by atoms with Crippen LogP contribution < -0.4 is 5.73 Å². The molecular formula is C15H15Br2N. The molecule has 1 unspecified atom stereocenters. The van der Waals surface area contributed by atoms with E-state index < -0.39 is 0 Å². The highest BCUT2D eigenvalue weighted by molar-refractivity contribution is 9.11. The smallest absolute Gasteiger partial charge is 0.0563 e. The molecule has 94 valence electrons. The standard InChI is InChI=1S/C15H15Br2N/c1-9-5-10(2)7-11(6-9)15(18)13-8-12(16)3-4-14(13)17/h3-8,15H,18H2,1-2H3. The van der Waals surface area contributed by atoms with Crippen LogP contribution in [0.3, 0.4) is 0 Å². The number of nitrogens with two attached hydrogens (primary N) is 1. The Labute approximate surface area is 125 Å². The second kappa shape index (κ2) is 5.55. The Balaban J connectivity index is 2.47. The van der Waals surface area contributed by atoms with Crippen LogP contribution in [0.4, 0.5) is 0 Å². The first kappa shape index (κ1) is 13.8. The van der Waals surface area contributed by atoms with Crippen LogP contribution in [0, 0.1) is 13.8 Å². The molecule has 0 aliphatic carbocycles. The SMILES string of the molecule is Cc1cc(C)cc(C(N)c2cc(Br)ccc2Br)c1. The van der Waals surface area contributed by atoms with Crippen molar-refractivity contribution in [3.05, 3.63) is 67.6 Å². The maximum absolute atomic E-state index is 6.37. The maximum Gasteiger partial charge on any atom is 0.0563 e. The topological polar surface area (TPSA) is 26.0 Å². The summed E-state index contributed by atoms with van der Waals surface area (Å²) in [6.07, 6.45) is 0. The fraction of sp³-hybridized carbons (Fsp3) is 0.200. The number of benzene rings is 2. The number of aryl methyl sites for hydroxylation is 2. The zero-order valence-corrected chi connectivity index (χ0v) is 13.5. The zero-order valence-electron chi connectivity index (χ0n) is 10.4. The quantitative estimate of drug-likeness (QED) is 0.803. The summed E-state index contributed by atoms with van der Waals surface area (Å²) in [5.41, 5.74) is 11.1. The van der Waals surface area contributed by atoms with Crippen molar-refractivity contribution in [2.24, 2.45) is 5.73 Å². The second-order valence-corrected chi connectivity index (χ2v) is 6.33. The highest BCUT2D eigenvalue weighted by Crippen LogP contribution is 2.30. The summed E-state index contributed by atoms with van der Waals surface area (Å²) in [6, 6.07) is 12.4. The Hall–Kier alpha value is -0.640. The van der Waals surface area contributed by atoms with E-state index in [-0.39, 0.29) is 6.04 Å². The third-order valence-electron chi connectivity index (χ3n) is 2.90. The van der Waals surface area contributed by atoms with E-state index in [1.165, 1.54) is 11.1 Å². The molecule has 3 heteroatoms. The van der Waals surface area contributed by atoms with Gasteiger partial charge in [-0.3, -0.25) is 0 Å². The summed E-state index contributed by atoms with van der Waals surface area (Å²) in [7, 11) is 0. The van der Waals surface area contributed by atoms with Crippen LogP contribution in [0.15, 0.2) is 45.3 Å². The van der Waals surface area contributed by atoms with Crippen molar-refractivity contribution >= 4 is 31.9 Å². The summed E-state index contributed by atoms with van der Waals surface area (Å²) in [5, 5.41) is 0. The third kappa shape index (κ3) is 3.02. The van der Waals surface area contributed by atoms with Gasteiger partial charge in [-0.25, -0.2) is 0 Å². The summed E-state index contributed by atoms with van der Waals surface area (Å²) in [5.74, 6) is 0. The molecule has 0 aliphatic rings. The van der Waals surface area contributed by atoms with Crippen molar-refractivity contribution in [3.8, 4) is 0 Å². The monoisotopic (exact) mass is 367 g/mol. The first-order valence-corrected chi connectivity index (χ1v) is 7.34. The van der Waals surface area contributed by atoms with Gasteiger partial charge in [-0.2, -0.15) is 0 Å². The number of rotatable bonds is 2. The molecule has 0 amide bonds. The predicted molar refractivity (Wildman–Crippen MR) is 83.8 cm³/mol. The van der Waals surface area contributed by atoms with Crippen LogP contribution in [0.25, 0.3) is 0 Å². The van der Waals surface area contributed by atoms with Gasteiger partial charge in [-0.1, -0.05) is 61.2 Å². The lowest BCUT2D eigenvalue weighted by Crippen LogP contribution is -2.13. The molecule has 0 aliphatic heterocycles. The van der Waals surface area contributed by atoms with E-state index in [2.05, 4.69) is 70.0 Å². The molecule has 0 heterocycles. The predicted octanol–water partition coefficient (Wildman–Crippen LogP) is 4.88. The third-order valence-corrected chi connectivity index (χ3v) is 4.11. The molecule has 2 rings (SSSR count).